The van der Waals surface area contributed by atoms with Crippen LogP contribution in [0.2, 0.25) is 0 Å². The van der Waals surface area contributed by atoms with E-state index in [9.17, 15) is 0 Å². The Labute approximate surface area is 166 Å². The van der Waals surface area contributed by atoms with E-state index in [1.807, 2.05) is 49.4 Å². The zero-order valence-electron chi connectivity index (χ0n) is 15.0. The summed E-state index contributed by atoms with van der Waals surface area (Å²) in [6, 6.07) is 18.0. The van der Waals surface area contributed by atoms with E-state index < -0.39 is 0 Å². The highest BCUT2D eigenvalue weighted by atomic mass is 32.2. The second-order valence-corrected chi connectivity index (χ2v) is 7.86. The lowest BCUT2D eigenvalue weighted by Gasteiger charge is -2.10. The summed E-state index contributed by atoms with van der Waals surface area (Å²) in [6.45, 7) is 2.02. The van der Waals surface area contributed by atoms with Crippen molar-refractivity contribution in [2.45, 2.75) is 17.8 Å². The quantitative estimate of drug-likeness (QED) is 0.431. The summed E-state index contributed by atoms with van der Waals surface area (Å²) in [5.74, 6) is 2.34. The smallest absolute Gasteiger partial charge is 0.196 e. The number of hydrogen-bond donors (Lipinski definition) is 0. The van der Waals surface area contributed by atoms with Crippen molar-refractivity contribution in [2.75, 3.05) is 7.11 Å². The fourth-order valence-electron chi connectivity index (χ4n) is 2.74. The van der Waals surface area contributed by atoms with Crippen LogP contribution >= 0.6 is 23.1 Å². The van der Waals surface area contributed by atoms with Gasteiger partial charge < -0.3 is 4.74 Å². The van der Waals surface area contributed by atoms with E-state index in [1.165, 1.54) is 0 Å². The Balaban J connectivity index is 1.74. The lowest BCUT2D eigenvalue weighted by Crippen LogP contribution is -2.00. The van der Waals surface area contributed by atoms with Crippen LogP contribution in [0, 0.1) is 6.92 Å². The highest BCUT2D eigenvalue weighted by molar-refractivity contribution is 7.98. The van der Waals surface area contributed by atoms with Crippen molar-refractivity contribution in [3.63, 3.8) is 0 Å². The first-order chi connectivity index (χ1) is 13.2. The average molecular weight is 395 g/mol. The molecule has 0 fully saturated rings. The van der Waals surface area contributed by atoms with Gasteiger partial charge in [-0.1, -0.05) is 42.1 Å². The van der Waals surface area contributed by atoms with Crippen LogP contribution in [0.3, 0.4) is 0 Å². The van der Waals surface area contributed by atoms with Crippen LogP contribution in [0.25, 0.3) is 17.1 Å². The van der Waals surface area contributed by atoms with E-state index in [0.717, 1.165) is 44.4 Å². The van der Waals surface area contributed by atoms with Crippen molar-refractivity contribution in [1.82, 2.24) is 19.7 Å². The first-order valence-electron chi connectivity index (χ1n) is 8.43. The number of para-hydroxylation sites is 1. The highest BCUT2D eigenvalue weighted by Gasteiger charge is 2.17. The Bertz CT molecular complexity index is 1040. The van der Waals surface area contributed by atoms with Gasteiger partial charge in [-0.25, -0.2) is 4.98 Å². The molecule has 5 nitrogen and oxygen atoms in total. The molecule has 0 aliphatic carbocycles. The summed E-state index contributed by atoms with van der Waals surface area (Å²) in [5, 5.41) is 12.9. The molecule has 0 atom stereocenters. The molecule has 2 heterocycles. The number of aryl methyl sites for hydroxylation is 1. The number of ether oxygens (including phenoxy) is 1. The molecule has 0 amide bonds. The molecule has 0 saturated heterocycles. The van der Waals surface area contributed by atoms with Gasteiger partial charge in [0.05, 0.1) is 17.8 Å². The van der Waals surface area contributed by atoms with E-state index in [4.69, 9.17) is 4.74 Å². The summed E-state index contributed by atoms with van der Waals surface area (Å²) in [5.41, 5.74) is 3.05. The first kappa shape index (κ1) is 17.8. The highest BCUT2D eigenvalue weighted by Crippen LogP contribution is 2.31. The molecule has 0 radical (unpaired) electrons. The maximum Gasteiger partial charge on any atom is 0.196 e. The molecular formula is C20H18N4OS2. The van der Waals surface area contributed by atoms with E-state index in [-0.39, 0.29) is 0 Å². The van der Waals surface area contributed by atoms with Crippen LogP contribution in [0.5, 0.6) is 5.75 Å². The van der Waals surface area contributed by atoms with Gasteiger partial charge in [0.1, 0.15) is 5.75 Å². The summed E-state index contributed by atoms with van der Waals surface area (Å²) in [6.07, 6.45) is 0. The molecule has 0 bridgehead atoms. The van der Waals surface area contributed by atoms with Gasteiger partial charge in [-0.3, -0.25) is 4.57 Å². The van der Waals surface area contributed by atoms with E-state index >= 15 is 0 Å². The summed E-state index contributed by atoms with van der Waals surface area (Å²) >= 11 is 3.30. The maximum absolute atomic E-state index is 5.37. The topological polar surface area (TPSA) is 52.8 Å². The van der Waals surface area contributed by atoms with Crippen molar-refractivity contribution in [3.8, 4) is 22.8 Å². The molecular weight excluding hydrogens is 376 g/mol. The van der Waals surface area contributed by atoms with Gasteiger partial charge in [0.2, 0.25) is 0 Å². The van der Waals surface area contributed by atoms with Gasteiger partial charge >= 0.3 is 0 Å². The number of benzene rings is 2. The van der Waals surface area contributed by atoms with Crippen LogP contribution in [-0.2, 0) is 5.75 Å². The number of rotatable bonds is 6. The fraction of sp³-hybridized carbons (Fsp3) is 0.150. The number of nitrogens with zero attached hydrogens (tertiary/aromatic N) is 4. The Morgan fingerprint density at radius 3 is 2.67 bits per heavy atom. The molecule has 0 aliphatic heterocycles. The Morgan fingerprint density at radius 2 is 1.93 bits per heavy atom. The predicted octanol–water partition coefficient (Wildman–Crippen LogP) is 5.00. The SMILES string of the molecule is COc1cccc(-c2nnc(SCc3csc(C)n3)n2-c2ccccc2)c1. The van der Waals surface area contributed by atoms with Crippen LogP contribution in [0.15, 0.2) is 65.1 Å². The largest absolute Gasteiger partial charge is 0.497 e. The van der Waals surface area contributed by atoms with Crippen molar-refractivity contribution < 1.29 is 4.74 Å². The Morgan fingerprint density at radius 1 is 1.07 bits per heavy atom. The molecule has 0 aliphatic rings. The van der Waals surface area contributed by atoms with Crippen LogP contribution in [0.1, 0.15) is 10.7 Å². The van der Waals surface area contributed by atoms with Crippen molar-refractivity contribution in [1.29, 1.82) is 0 Å². The van der Waals surface area contributed by atoms with Gasteiger partial charge in [-0.15, -0.1) is 21.5 Å². The van der Waals surface area contributed by atoms with E-state index in [0.29, 0.717) is 0 Å². The molecule has 4 rings (SSSR count). The summed E-state index contributed by atoms with van der Waals surface area (Å²) in [4.78, 5) is 4.54. The minimum absolute atomic E-state index is 0.757. The van der Waals surface area contributed by atoms with Crippen LogP contribution in [-0.4, -0.2) is 26.9 Å². The minimum Gasteiger partial charge on any atom is -0.497 e. The van der Waals surface area contributed by atoms with Gasteiger partial charge in [-0.2, -0.15) is 0 Å². The third-order valence-corrected chi connectivity index (χ3v) is 5.78. The molecule has 0 N–H and O–H groups in total. The molecule has 0 saturated carbocycles. The standard InChI is InChI=1S/C20H18N4OS2/c1-14-21-16(12-26-14)13-27-20-23-22-19(15-7-6-10-18(11-15)25-2)24(20)17-8-4-3-5-9-17/h3-12H,13H2,1-2H3. The predicted molar refractivity (Wildman–Crippen MR) is 110 cm³/mol. The van der Waals surface area contributed by atoms with Crippen molar-refractivity contribution in [2.24, 2.45) is 0 Å². The third kappa shape index (κ3) is 3.89. The van der Waals surface area contributed by atoms with E-state index in [2.05, 4.69) is 37.3 Å². The van der Waals surface area contributed by atoms with E-state index in [1.54, 1.807) is 30.2 Å². The van der Waals surface area contributed by atoms with Gasteiger partial charge in [0, 0.05) is 22.4 Å². The second-order valence-electron chi connectivity index (χ2n) is 5.86. The fourth-order valence-corrected chi connectivity index (χ4v) is 4.30. The normalized spacial score (nSPS) is 10.9. The Hall–Kier alpha value is -2.64. The number of aromatic nitrogens is 4. The van der Waals surface area contributed by atoms with Gasteiger partial charge in [0.25, 0.3) is 0 Å². The minimum atomic E-state index is 0.757. The number of thioether (sulfide) groups is 1. The second kappa shape index (κ2) is 7.94. The molecule has 7 heteroatoms. The van der Waals surface area contributed by atoms with Crippen LogP contribution in [0.4, 0.5) is 0 Å². The summed E-state index contributed by atoms with van der Waals surface area (Å²) < 4.78 is 7.45. The molecule has 4 aromatic rings. The molecule has 2 aromatic heterocycles. The summed E-state index contributed by atoms with van der Waals surface area (Å²) in [7, 11) is 1.66. The van der Waals surface area contributed by atoms with Crippen molar-refractivity contribution >= 4 is 23.1 Å². The van der Waals surface area contributed by atoms with Gasteiger partial charge in [-0.05, 0) is 31.2 Å². The Kier molecular flexibility index (Phi) is 5.22. The number of hydrogen-bond acceptors (Lipinski definition) is 6. The molecule has 27 heavy (non-hydrogen) atoms. The molecule has 2 aromatic carbocycles. The first-order valence-corrected chi connectivity index (χ1v) is 10.3. The number of methoxy groups -OCH3 is 1. The average Bonchev–Trinajstić information content (AvgIpc) is 3.33. The zero-order valence-corrected chi connectivity index (χ0v) is 16.6. The lowest BCUT2D eigenvalue weighted by molar-refractivity contribution is 0.415. The third-order valence-electron chi connectivity index (χ3n) is 3.99. The number of thiazole rings is 1. The monoisotopic (exact) mass is 394 g/mol. The molecule has 0 spiro atoms. The maximum atomic E-state index is 5.37. The van der Waals surface area contributed by atoms with Crippen molar-refractivity contribution in [3.05, 3.63) is 70.7 Å². The molecule has 136 valence electrons. The van der Waals surface area contributed by atoms with Crippen LogP contribution < -0.4 is 4.74 Å². The molecule has 0 unspecified atom stereocenters. The van der Waals surface area contributed by atoms with Gasteiger partial charge in [0.15, 0.2) is 11.0 Å². The lowest BCUT2D eigenvalue weighted by atomic mass is 10.2. The zero-order chi connectivity index (χ0) is 18.6.